The average Bonchev–Trinajstić information content (AvgIpc) is 3.28. The highest BCUT2D eigenvalue weighted by Crippen LogP contribution is 2.48. The van der Waals surface area contributed by atoms with Crippen molar-refractivity contribution < 1.29 is 23.4 Å². The van der Waals surface area contributed by atoms with E-state index in [9.17, 15) is 18.7 Å². The molecular weight excluding hydrogens is 420 g/mol. The minimum Gasteiger partial charge on any atom is -0.489 e. The number of aromatic nitrogens is 2. The van der Waals surface area contributed by atoms with E-state index in [1.165, 1.54) is 0 Å². The van der Waals surface area contributed by atoms with Crippen molar-refractivity contribution in [3.63, 3.8) is 0 Å². The average molecular weight is 447 g/mol. The fraction of sp³-hybridized carbons (Fsp3) is 0.476. The van der Waals surface area contributed by atoms with Crippen LogP contribution in [0.3, 0.4) is 0 Å². The molecule has 0 aliphatic carbocycles. The number of hydrogen-bond donors (Lipinski definition) is 2. The lowest BCUT2D eigenvalue weighted by atomic mass is 10.0. The van der Waals surface area contributed by atoms with Crippen molar-refractivity contribution >= 4 is 28.1 Å². The second kappa shape index (κ2) is 7.54. The van der Waals surface area contributed by atoms with Crippen LogP contribution >= 0.6 is 10.6 Å². The Morgan fingerprint density at radius 2 is 2.06 bits per heavy atom. The van der Waals surface area contributed by atoms with Gasteiger partial charge in [-0.15, -0.1) is 0 Å². The van der Waals surface area contributed by atoms with E-state index in [0.717, 1.165) is 12.0 Å². The number of para-hydroxylation sites is 2. The number of nitrogens with zero attached hydrogens (tertiary/aromatic N) is 4. The number of ether oxygens (including phenoxy) is 1. The van der Waals surface area contributed by atoms with E-state index in [1.54, 1.807) is 21.5 Å². The summed E-state index contributed by atoms with van der Waals surface area (Å²) >= 11 is 0. The highest BCUT2D eigenvalue weighted by Gasteiger charge is 2.40. The minimum absolute atomic E-state index is 0.0991. The van der Waals surface area contributed by atoms with Crippen LogP contribution in [0, 0.1) is 5.92 Å². The van der Waals surface area contributed by atoms with Crippen LogP contribution in [0.25, 0.3) is 0 Å². The lowest BCUT2D eigenvalue weighted by molar-refractivity contribution is -0.123. The molecule has 3 aliphatic rings. The number of carbonyl (C=O) groups is 2. The smallest absolute Gasteiger partial charge is 0.275 e. The summed E-state index contributed by atoms with van der Waals surface area (Å²) in [6.45, 7) is 1.08. The van der Waals surface area contributed by atoms with Gasteiger partial charge in [0.05, 0.1) is 5.69 Å². The Bertz CT molecular complexity index is 1040. The topological polar surface area (TPSA) is 108 Å². The Morgan fingerprint density at radius 3 is 2.84 bits per heavy atom. The third-order valence-corrected chi connectivity index (χ3v) is 8.23. The summed E-state index contributed by atoms with van der Waals surface area (Å²) in [5.74, 6) is 1.14. The van der Waals surface area contributed by atoms with E-state index in [4.69, 9.17) is 4.74 Å². The first-order valence-electron chi connectivity index (χ1n) is 10.4. The summed E-state index contributed by atoms with van der Waals surface area (Å²) < 4.78 is 27.3. The van der Waals surface area contributed by atoms with E-state index in [-0.39, 0.29) is 24.3 Å². The molecule has 2 atom stereocenters. The van der Waals surface area contributed by atoms with Gasteiger partial charge in [0.2, 0.25) is 0 Å². The maximum absolute atomic E-state index is 13.3. The predicted octanol–water partition coefficient (Wildman–Crippen LogP) is 2.08. The van der Waals surface area contributed by atoms with E-state index in [1.807, 2.05) is 30.5 Å². The van der Waals surface area contributed by atoms with Gasteiger partial charge < -0.3 is 14.5 Å². The van der Waals surface area contributed by atoms with Gasteiger partial charge >= 0.3 is 0 Å². The van der Waals surface area contributed by atoms with E-state index in [0.29, 0.717) is 48.1 Å². The molecule has 5 rings (SSSR count). The number of carbonyl (C=O) groups excluding carboxylic acids is 2. The summed E-state index contributed by atoms with van der Waals surface area (Å²) in [5, 5.41) is 4.50. The highest BCUT2D eigenvalue weighted by molar-refractivity contribution is 8.24. The molecule has 31 heavy (non-hydrogen) atoms. The van der Waals surface area contributed by atoms with Gasteiger partial charge in [-0.1, -0.05) is 12.1 Å². The fourth-order valence-electron chi connectivity index (χ4n) is 4.66. The van der Waals surface area contributed by atoms with Crippen LogP contribution < -0.4 is 9.64 Å². The third-order valence-electron chi connectivity index (χ3n) is 6.34. The molecule has 2 aromatic rings. The zero-order valence-corrected chi connectivity index (χ0v) is 18.1. The molecule has 4 heterocycles. The van der Waals surface area contributed by atoms with Crippen molar-refractivity contribution in [2.45, 2.75) is 25.4 Å². The SMILES string of the molecule is CN1C(=O)[C@@H](N2CCc3cn(CC4CCS(O)(O)C4)nc3C2=O)COc2ccccc21. The van der Waals surface area contributed by atoms with Crippen molar-refractivity contribution in [2.24, 2.45) is 5.92 Å². The molecular formula is C21H26N4O5S. The van der Waals surface area contributed by atoms with Crippen molar-refractivity contribution in [2.75, 3.05) is 36.6 Å². The molecule has 0 spiro atoms. The Hall–Kier alpha value is -2.56. The van der Waals surface area contributed by atoms with Crippen LogP contribution in [0.1, 0.15) is 22.5 Å². The van der Waals surface area contributed by atoms with Crippen LogP contribution in [0.4, 0.5) is 5.69 Å². The van der Waals surface area contributed by atoms with Crippen molar-refractivity contribution in [1.29, 1.82) is 0 Å². The van der Waals surface area contributed by atoms with E-state index >= 15 is 0 Å². The second-order valence-electron chi connectivity index (χ2n) is 8.49. The molecule has 2 N–H and O–H groups in total. The van der Waals surface area contributed by atoms with Gasteiger partial charge in [0.1, 0.15) is 18.4 Å². The molecule has 0 saturated carbocycles. The van der Waals surface area contributed by atoms with Gasteiger partial charge in [0.25, 0.3) is 11.8 Å². The van der Waals surface area contributed by atoms with Crippen LogP contribution in [0.2, 0.25) is 0 Å². The number of rotatable bonds is 3. The van der Waals surface area contributed by atoms with Crippen LogP contribution in [-0.2, 0) is 17.8 Å². The Balaban J connectivity index is 1.34. The van der Waals surface area contributed by atoms with Gasteiger partial charge in [-0.3, -0.25) is 23.4 Å². The Morgan fingerprint density at radius 1 is 1.26 bits per heavy atom. The molecule has 1 unspecified atom stereocenters. The van der Waals surface area contributed by atoms with Crippen molar-refractivity contribution in [3.05, 3.63) is 41.7 Å². The first-order valence-corrected chi connectivity index (χ1v) is 12.3. The summed E-state index contributed by atoms with van der Waals surface area (Å²) in [7, 11) is -0.764. The lowest BCUT2D eigenvalue weighted by Gasteiger charge is -2.33. The number of fused-ring (bicyclic) bond motifs is 2. The molecule has 10 heteroatoms. The molecule has 1 saturated heterocycles. The van der Waals surface area contributed by atoms with Gasteiger partial charge in [-0.05, 0) is 30.9 Å². The van der Waals surface area contributed by atoms with E-state index in [2.05, 4.69) is 5.10 Å². The third kappa shape index (κ3) is 3.68. The maximum Gasteiger partial charge on any atom is 0.275 e. The fourth-order valence-corrected chi connectivity index (χ4v) is 6.57. The number of likely N-dealkylation sites (N-methyl/N-ethyl adjacent to an activating group) is 1. The molecule has 1 aromatic heterocycles. The van der Waals surface area contributed by atoms with E-state index < -0.39 is 16.6 Å². The second-order valence-corrected chi connectivity index (χ2v) is 10.8. The summed E-state index contributed by atoms with van der Waals surface area (Å²) in [6, 6.07) is 6.63. The summed E-state index contributed by atoms with van der Waals surface area (Å²) in [6.07, 6.45) is 3.23. The number of hydrogen-bond acceptors (Lipinski definition) is 6. The van der Waals surface area contributed by atoms with Gasteiger partial charge in [0, 0.05) is 43.4 Å². The largest absolute Gasteiger partial charge is 0.489 e. The standard InChI is InChI=1S/C21H26N4O5S/c1-23-16-4-2-3-5-18(16)30-12-17(20(23)26)25-8-6-15-11-24(22-19(15)21(25)27)10-14-7-9-31(28,29)13-14/h2-5,11,14,17,28-29H,6-10,12-13H2,1H3/t14?,17-/m0/s1. The molecule has 166 valence electrons. The van der Waals surface area contributed by atoms with Crippen LogP contribution in [-0.4, -0.2) is 73.3 Å². The molecule has 0 bridgehead atoms. The summed E-state index contributed by atoms with van der Waals surface area (Å²) in [4.78, 5) is 29.5. The monoisotopic (exact) mass is 446 g/mol. The minimum atomic E-state index is -2.46. The molecule has 0 radical (unpaired) electrons. The quantitative estimate of drug-likeness (QED) is 0.747. The Kier molecular flexibility index (Phi) is 4.95. The first kappa shape index (κ1) is 20.3. The first-order chi connectivity index (χ1) is 14.8. The van der Waals surface area contributed by atoms with Gasteiger partial charge in [-0.25, -0.2) is 0 Å². The van der Waals surface area contributed by atoms with Crippen LogP contribution in [0.15, 0.2) is 30.5 Å². The number of benzene rings is 1. The zero-order chi connectivity index (χ0) is 21.8. The molecule has 2 amide bonds. The molecule has 1 fully saturated rings. The van der Waals surface area contributed by atoms with Gasteiger partial charge in [-0.2, -0.15) is 15.7 Å². The van der Waals surface area contributed by atoms with Gasteiger partial charge in [0.15, 0.2) is 5.69 Å². The normalized spacial score (nSPS) is 26.2. The molecule has 1 aromatic carbocycles. The lowest BCUT2D eigenvalue weighted by Crippen LogP contribution is -2.54. The highest BCUT2D eigenvalue weighted by atomic mass is 32.3. The molecule has 9 nitrogen and oxygen atoms in total. The maximum atomic E-state index is 13.3. The number of amides is 2. The molecule has 3 aliphatic heterocycles. The number of anilines is 1. The van der Waals surface area contributed by atoms with Crippen LogP contribution in [0.5, 0.6) is 5.75 Å². The Labute approximate surface area is 181 Å². The summed E-state index contributed by atoms with van der Waals surface area (Å²) in [5.41, 5.74) is 1.92. The zero-order valence-electron chi connectivity index (χ0n) is 17.3. The van der Waals surface area contributed by atoms with Crippen molar-refractivity contribution in [3.8, 4) is 5.75 Å². The van der Waals surface area contributed by atoms with Crippen molar-refractivity contribution in [1.82, 2.24) is 14.7 Å². The predicted molar refractivity (Wildman–Crippen MR) is 117 cm³/mol.